The molecule has 1 aromatic heterocycles. The topological polar surface area (TPSA) is 86.4 Å². The minimum atomic E-state index is -1.62. The Kier molecular flexibility index (Phi) is 2.85. The van der Waals surface area contributed by atoms with Crippen LogP contribution in [0.1, 0.15) is 5.56 Å². The number of aromatic nitrogens is 1. The second-order valence-electron chi connectivity index (χ2n) is 2.31. The van der Waals surface area contributed by atoms with Crippen molar-refractivity contribution in [2.75, 3.05) is 7.11 Å². The van der Waals surface area contributed by atoms with Crippen molar-refractivity contribution in [1.82, 2.24) is 4.98 Å². The van der Waals surface area contributed by atoms with E-state index in [1.807, 2.05) is 6.07 Å². The smallest absolute Gasteiger partial charge is 0.480 e. The first-order chi connectivity index (χ1) is 6.19. The first-order valence-electron chi connectivity index (χ1n) is 3.49. The van der Waals surface area contributed by atoms with E-state index in [1.54, 1.807) is 0 Å². The molecule has 66 valence electrons. The van der Waals surface area contributed by atoms with Crippen LogP contribution >= 0.6 is 0 Å². The third kappa shape index (κ3) is 1.96. The molecule has 2 N–H and O–H groups in total. The molecule has 0 bridgehead atoms. The van der Waals surface area contributed by atoms with Crippen LogP contribution in [0.4, 0.5) is 0 Å². The Morgan fingerprint density at radius 1 is 1.62 bits per heavy atom. The molecule has 0 radical (unpaired) electrons. The molecule has 0 saturated heterocycles. The van der Waals surface area contributed by atoms with Crippen LogP contribution in [0.3, 0.4) is 0 Å². The maximum atomic E-state index is 8.77. The predicted molar refractivity (Wildman–Crippen MR) is 45.3 cm³/mol. The van der Waals surface area contributed by atoms with Crippen LogP contribution in [0.5, 0.6) is 5.88 Å². The fraction of sp³-hybridized carbons (Fsp3) is 0.143. The van der Waals surface area contributed by atoms with Crippen LogP contribution < -0.4 is 10.2 Å². The number of ether oxygens (including phenoxy) is 1. The lowest BCUT2D eigenvalue weighted by Gasteiger charge is -2.03. The number of nitriles is 1. The summed E-state index contributed by atoms with van der Waals surface area (Å²) in [7, 11) is -0.233. The summed E-state index contributed by atoms with van der Waals surface area (Å²) in [5.41, 5.74) is 0.338. The Hall–Kier alpha value is -1.58. The SMILES string of the molecule is COc1ncc(B(O)O)cc1C#N. The summed E-state index contributed by atoms with van der Waals surface area (Å²) in [6.45, 7) is 0. The van der Waals surface area contributed by atoms with Gasteiger partial charge in [0.15, 0.2) is 0 Å². The number of hydrogen-bond acceptors (Lipinski definition) is 5. The van der Waals surface area contributed by atoms with Crippen molar-refractivity contribution in [2.24, 2.45) is 0 Å². The number of nitrogens with zero attached hydrogens (tertiary/aromatic N) is 2. The van der Waals surface area contributed by atoms with E-state index in [0.29, 0.717) is 0 Å². The van der Waals surface area contributed by atoms with Crippen LogP contribution in [-0.4, -0.2) is 29.3 Å². The average Bonchev–Trinajstić information content (AvgIpc) is 2.16. The normalized spacial score (nSPS) is 9.08. The van der Waals surface area contributed by atoms with E-state index >= 15 is 0 Å². The number of pyridine rings is 1. The standard InChI is InChI=1S/C7H7BN2O3/c1-13-7-5(3-9)2-6(4-10-7)8(11)12/h2,4,11-12H,1H3. The van der Waals surface area contributed by atoms with E-state index in [0.717, 1.165) is 0 Å². The second kappa shape index (κ2) is 3.89. The third-order valence-electron chi connectivity index (χ3n) is 1.48. The summed E-state index contributed by atoms with van der Waals surface area (Å²) in [5.74, 6) is 0.173. The zero-order valence-corrected chi connectivity index (χ0v) is 6.93. The summed E-state index contributed by atoms with van der Waals surface area (Å²) >= 11 is 0. The van der Waals surface area contributed by atoms with Gasteiger partial charge < -0.3 is 14.8 Å². The highest BCUT2D eigenvalue weighted by Gasteiger charge is 2.14. The van der Waals surface area contributed by atoms with Gasteiger partial charge in [-0.2, -0.15) is 5.26 Å². The van der Waals surface area contributed by atoms with Gasteiger partial charge >= 0.3 is 7.12 Å². The van der Waals surface area contributed by atoms with E-state index in [1.165, 1.54) is 19.4 Å². The molecule has 0 saturated carbocycles. The molecule has 13 heavy (non-hydrogen) atoms. The van der Waals surface area contributed by atoms with E-state index in [-0.39, 0.29) is 16.9 Å². The highest BCUT2D eigenvalue weighted by Crippen LogP contribution is 2.10. The second-order valence-corrected chi connectivity index (χ2v) is 2.31. The minimum Gasteiger partial charge on any atom is -0.480 e. The van der Waals surface area contributed by atoms with Gasteiger partial charge in [0.25, 0.3) is 0 Å². The van der Waals surface area contributed by atoms with Gasteiger partial charge in [-0.15, -0.1) is 0 Å². The fourth-order valence-corrected chi connectivity index (χ4v) is 0.852. The fourth-order valence-electron chi connectivity index (χ4n) is 0.852. The van der Waals surface area contributed by atoms with Crippen molar-refractivity contribution >= 4 is 12.6 Å². The molecular weight excluding hydrogens is 171 g/mol. The van der Waals surface area contributed by atoms with Gasteiger partial charge in [-0.25, -0.2) is 4.98 Å². The van der Waals surface area contributed by atoms with Gasteiger partial charge in [0.2, 0.25) is 5.88 Å². The van der Waals surface area contributed by atoms with Crippen molar-refractivity contribution in [3.05, 3.63) is 17.8 Å². The number of methoxy groups -OCH3 is 1. The number of hydrogen-bond donors (Lipinski definition) is 2. The van der Waals surface area contributed by atoms with E-state index < -0.39 is 7.12 Å². The maximum absolute atomic E-state index is 8.77. The van der Waals surface area contributed by atoms with Crippen LogP contribution in [0, 0.1) is 11.3 Å². The molecule has 1 rings (SSSR count). The highest BCUT2D eigenvalue weighted by atomic mass is 16.5. The van der Waals surface area contributed by atoms with Crippen molar-refractivity contribution in [3.63, 3.8) is 0 Å². The van der Waals surface area contributed by atoms with E-state index in [9.17, 15) is 0 Å². The predicted octanol–water partition coefficient (Wildman–Crippen LogP) is -1.36. The zero-order valence-electron chi connectivity index (χ0n) is 6.93. The van der Waals surface area contributed by atoms with Gasteiger partial charge in [-0.1, -0.05) is 0 Å². The van der Waals surface area contributed by atoms with E-state index in [4.69, 9.17) is 20.0 Å². The zero-order chi connectivity index (χ0) is 9.84. The molecule has 0 spiro atoms. The number of rotatable bonds is 2. The Balaban J connectivity index is 3.15. The molecule has 0 amide bonds. The van der Waals surface area contributed by atoms with Crippen molar-refractivity contribution in [1.29, 1.82) is 5.26 Å². The average molecular weight is 178 g/mol. The third-order valence-corrected chi connectivity index (χ3v) is 1.48. The molecule has 0 aliphatic rings. The molecule has 0 aliphatic heterocycles. The van der Waals surface area contributed by atoms with Crippen molar-refractivity contribution in [2.45, 2.75) is 0 Å². The Morgan fingerprint density at radius 3 is 2.77 bits per heavy atom. The summed E-state index contributed by atoms with van der Waals surface area (Å²) in [4.78, 5) is 3.72. The summed E-state index contributed by atoms with van der Waals surface area (Å²) < 4.78 is 4.77. The Bertz CT molecular complexity index is 348. The molecule has 1 aromatic rings. The van der Waals surface area contributed by atoms with Gasteiger partial charge in [0.05, 0.1) is 7.11 Å². The molecule has 0 aromatic carbocycles. The minimum absolute atomic E-state index is 0.164. The van der Waals surface area contributed by atoms with Gasteiger partial charge in [0.1, 0.15) is 11.6 Å². The first kappa shape index (κ1) is 9.51. The monoisotopic (exact) mass is 178 g/mol. The molecule has 0 fully saturated rings. The van der Waals surface area contributed by atoms with Gasteiger partial charge in [0, 0.05) is 11.7 Å². The van der Waals surface area contributed by atoms with Crippen molar-refractivity contribution < 1.29 is 14.8 Å². The summed E-state index contributed by atoms with van der Waals surface area (Å²) in [6.07, 6.45) is 1.24. The van der Waals surface area contributed by atoms with E-state index in [2.05, 4.69) is 4.98 Å². The molecule has 5 nitrogen and oxygen atoms in total. The quantitative estimate of drug-likeness (QED) is 0.546. The van der Waals surface area contributed by atoms with Gasteiger partial charge in [-0.05, 0) is 6.07 Å². The Labute approximate surface area is 75.4 Å². The lowest BCUT2D eigenvalue weighted by atomic mass is 9.81. The first-order valence-corrected chi connectivity index (χ1v) is 3.49. The summed E-state index contributed by atoms with van der Waals surface area (Å²) in [5, 5.41) is 26.2. The van der Waals surface area contributed by atoms with Crippen LogP contribution in [0.2, 0.25) is 0 Å². The Morgan fingerprint density at radius 2 is 2.31 bits per heavy atom. The molecular formula is C7H7BN2O3. The molecule has 1 heterocycles. The van der Waals surface area contributed by atoms with Crippen molar-refractivity contribution in [3.8, 4) is 11.9 Å². The largest absolute Gasteiger partial charge is 0.490 e. The van der Waals surface area contributed by atoms with Crippen LogP contribution in [0.25, 0.3) is 0 Å². The maximum Gasteiger partial charge on any atom is 0.490 e. The molecule has 0 aliphatic carbocycles. The molecule has 0 atom stereocenters. The lowest BCUT2D eigenvalue weighted by Crippen LogP contribution is -2.30. The summed E-state index contributed by atoms with van der Waals surface area (Å²) in [6, 6.07) is 3.15. The highest BCUT2D eigenvalue weighted by molar-refractivity contribution is 6.58. The van der Waals surface area contributed by atoms with Crippen LogP contribution in [0.15, 0.2) is 12.3 Å². The molecule has 6 heteroatoms. The lowest BCUT2D eigenvalue weighted by molar-refractivity contribution is 0.396. The van der Waals surface area contributed by atoms with Crippen LogP contribution in [-0.2, 0) is 0 Å². The van der Waals surface area contributed by atoms with Gasteiger partial charge in [-0.3, -0.25) is 0 Å². The molecule has 0 unspecified atom stereocenters.